The van der Waals surface area contributed by atoms with E-state index in [4.69, 9.17) is 16.0 Å². The van der Waals surface area contributed by atoms with Gasteiger partial charge in [-0.05, 0) is 0 Å². The van der Waals surface area contributed by atoms with Crippen molar-refractivity contribution in [2.24, 2.45) is 0 Å². The molecule has 0 radical (unpaired) electrons. The number of halogens is 1. The van der Waals surface area contributed by atoms with Gasteiger partial charge < -0.3 is 4.42 Å². The molecule has 1 heterocycles. The molecule has 0 aliphatic rings. The van der Waals surface area contributed by atoms with Gasteiger partial charge in [0.1, 0.15) is 0 Å². The third-order valence-electron chi connectivity index (χ3n) is 2.01. The van der Waals surface area contributed by atoms with Crippen LogP contribution in [0.5, 0.6) is 0 Å². The van der Waals surface area contributed by atoms with Crippen LogP contribution in [-0.2, 0) is 5.88 Å². The summed E-state index contributed by atoms with van der Waals surface area (Å²) in [5, 5.41) is 10.6. The van der Waals surface area contributed by atoms with Gasteiger partial charge in [0.25, 0.3) is 5.69 Å². The van der Waals surface area contributed by atoms with Crippen molar-refractivity contribution in [3.8, 4) is 11.3 Å². The molecule has 1 aromatic heterocycles. The van der Waals surface area contributed by atoms with Crippen LogP contribution in [0.25, 0.3) is 11.3 Å². The zero-order chi connectivity index (χ0) is 11.5. The lowest BCUT2D eigenvalue weighted by atomic mass is 10.2. The molecule has 82 valence electrons. The quantitative estimate of drug-likeness (QED) is 0.468. The van der Waals surface area contributed by atoms with Gasteiger partial charge in [-0.15, -0.1) is 11.6 Å². The molecule has 5 nitrogen and oxygen atoms in total. The number of benzene rings is 1. The number of alkyl halides is 1. The van der Waals surface area contributed by atoms with E-state index in [1.54, 1.807) is 12.1 Å². The predicted octanol–water partition coefficient (Wildman–Crippen LogP) is 2.99. The molecule has 16 heavy (non-hydrogen) atoms. The molecule has 0 unspecified atom stereocenters. The topological polar surface area (TPSA) is 69.2 Å². The summed E-state index contributed by atoms with van der Waals surface area (Å²) in [6.45, 7) is 0. The second kappa shape index (κ2) is 4.32. The van der Waals surface area contributed by atoms with E-state index in [0.717, 1.165) is 0 Å². The Hall–Kier alpha value is -1.88. The average molecular weight is 239 g/mol. The molecule has 0 spiro atoms. The molecule has 2 rings (SSSR count). The molecule has 0 amide bonds. The first-order valence-corrected chi connectivity index (χ1v) is 4.99. The summed E-state index contributed by atoms with van der Waals surface area (Å²) < 4.78 is 5.29. The van der Waals surface area contributed by atoms with E-state index in [0.29, 0.717) is 17.2 Å². The number of rotatable bonds is 3. The van der Waals surface area contributed by atoms with E-state index in [-0.39, 0.29) is 11.6 Å². The molecular formula is C10H7ClN2O3. The smallest absolute Gasteiger partial charge is 0.270 e. The highest BCUT2D eigenvalue weighted by molar-refractivity contribution is 6.16. The van der Waals surface area contributed by atoms with Crippen LogP contribution in [-0.4, -0.2) is 9.91 Å². The fraction of sp³-hybridized carbons (Fsp3) is 0.100. The Labute approximate surface area is 95.8 Å². The maximum absolute atomic E-state index is 10.6. The van der Waals surface area contributed by atoms with Crippen LogP contribution in [0.4, 0.5) is 5.69 Å². The van der Waals surface area contributed by atoms with Crippen LogP contribution in [0.2, 0.25) is 0 Å². The van der Waals surface area contributed by atoms with E-state index in [2.05, 4.69) is 4.98 Å². The first-order valence-electron chi connectivity index (χ1n) is 4.46. The van der Waals surface area contributed by atoms with Crippen molar-refractivity contribution in [3.63, 3.8) is 0 Å². The van der Waals surface area contributed by atoms with Crippen LogP contribution in [0, 0.1) is 10.1 Å². The zero-order valence-electron chi connectivity index (χ0n) is 8.09. The molecule has 0 N–H and O–H groups in total. The summed E-state index contributed by atoms with van der Waals surface area (Å²) in [5.74, 6) is 1.04. The van der Waals surface area contributed by atoms with Gasteiger partial charge in [0, 0.05) is 17.7 Å². The maximum Gasteiger partial charge on any atom is 0.270 e. The summed E-state index contributed by atoms with van der Waals surface area (Å²) in [5.41, 5.74) is 0.624. The van der Waals surface area contributed by atoms with Crippen LogP contribution < -0.4 is 0 Å². The van der Waals surface area contributed by atoms with Gasteiger partial charge in [0.15, 0.2) is 5.76 Å². The number of nitro groups is 1. The molecule has 0 aliphatic carbocycles. The van der Waals surface area contributed by atoms with Crippen LogP contribution in [0.3, 0.4) is 0 Å². The van der Waals surface area contributed by atoms with Gasteiger partial charge in [-0.2, -0.15) is 0 Å². The predicted molar refractivity (Wildman–Crippen MR) is 58.2 cm³/mol. The minimum Gasteiger partial charge on any atom is -0.439 e. The maximum atomic E-state index is 10.6. The van der Waals surface area contributed by atoms with Crippen molar-refractivity contribution in [1.82, 2.24) is 4.98 Å². The summed E-state index contributed by atoms with van der Waals surface area (Å²) >= 11 is 5.54. The Balaban J connectivity index is 2.40. The molecule has 0 saturated heterocycles. The fourth-order valence-electron chi connectivity index (χ4n) is 1.28. The molecule has 0 fully saturated rings. The third kappa shape index (κ3) is 2.04. The summed E-state index contributed by atoms with van der Waals surface area (Å²) in [6, 6.07) is 6.16. The number of aromatic nitrogens is 1. The largest absolute Gasteiger partial charge is 0.439 e. The highest BCUT2D eigenvalue weighted by Crippen LogP contribution is 2.24. The van der Waals surface area contributed by atoms with Crippen LogP contribution >= 0.6 is 11.6 Å². The van der Waals surface area contributed by atoms with Gasteiger partial charge in [0.2, 0.25) is 5.89 Å². The van der Waals surface area contributed by atoms with Gasteiger partial charge in [-0.3, -0.25) is 10.1 Å². The van der Waals surface area contributed by atoms with E-state index in [1.165, 1.54) is 18.3 Å². The van der Waals surface area contributed by atoms with Crippen molar-refractivity contribution < 1.29 is 9.34 Å². The van der Waals surface area contributed by atoms with Crippen LogP contribution in [0.1, 0.15) is 5.89 Å². The summed E-state index contributed by atoms with van der Waals surface area (Å²) in [7, 11) is 0. The first-order chi connectivity index (χ1) is 7.70. The summed E-state index contributed by atoms with van der Waals surface area (Å²) in [6.07, 6.45) is 1.50. The van der Waals surface area contributed by atoms with Crippen LogP contribution in [0.15, 0.2) is 34.9 Å². The SMILES string of the molecule is O=[N+]([O-])c1cccc(-c2cnc(CCl)o2)c1. The second-order valence-corrected chi connectivity index (χ2v) is 3.33. The fourth-order valence-corrected chi connectivity index (χ4v) is 1.40. The Morgan fingerprint density at radius 1 is 1.50 bits per heavy atom. The van der Waals surface area contributed by atoms with Crippen molar-refractivity contribution >= 4 is 17.3 Å². The van der Waals surface area contributed by atoms with Crippen molar-refractivity contribution in [2.45, 2.75) is 5.88 Å². The molecule has 2 aromatic rings. The molecule has 0 aliphatic heterocycles. The Morgan fingerprint density at radius 3 is 2.94 bits per heavy atom. The van der Waals surface area contributed by atoms with E-state index < -0.39 is 4.92 Å². The molecular weight excluding hydrogens is 232 g/mol. The monoisotopic (exact) mass is 238 g/mol. The van der Waals surface area contributed by atoms with E-state index in [9.17, 15) is 10.1 Å². The highest BCUT2D eigenvalue weighted by Gasteiger charge is 2.10. The standard InChI is InChI=1S/C10H7ClN2O3/c11-5-10-12-6-9(16-10)7-2-1-3-8(4-7)13(14)15/h1-4,6H,5H2. The molecule has 6 heteroatoms. The van der Waals surface area contributed by atoms with E-state index in [1.807, 2.05) is 0 Å². The second-order valence-electron chi connectivity index (χ2n) is 3.06. The zero-order valence-corrected chi connectivity index (χ0v) is 8.85. The minimum absolute atomic E-state index is 0.0151. The van der Waals surface area contributed by atoms with Crippen molar-refractivity contribution in [1.29, 1.82) is 0 Å². The van der Waals surface area contributed by atoms with Crippen molar-refractivity contribution in [3.05, 3.63) is 46.5 Å². The average Bonchev–Trinajstić information content (AvgIpc) is 2.77. The molecule has 0 bridgehead atoms. The van der Waals surface area contributed by atoms with Gasteiger partial charge in [-0.25, -0.2) is 4.98 Å². The number of non-ortho nitro benzene ring substituents is 1. The number of hydrogen-bond acceptors (Lipinski definition) is 4. The Morgan fingerprint density at radius 2 is 2.31 bits per heavy atom. The number of nitro benzene ring substituents is 1. The number of oxazole rings is 1. The Bertz CT molecular complexity index is 524. The first kappa shape index (κ1) is 10.6. The lowest BCUT2D eigenvalue weighted by molar-refractivity contribution is -0.384. The lowest BCUT2D eigenvalue weighted by Crippen LogP contribution is -1.87. The lowest BCUT2D eigenvalue weighted by Gasteiger charge is -1.95. The van der Waals surface area contributed by atoms with Gasteiger partial charge in [-0.1, -0.05) is 12.1 Å². The van der Waals surface area contributed by atoms with Gasteiger partial charge >= 0.3 is 0 Å². The number of nitrogens with zero attached hydrogens (tertiary/aromatic N) is 2. The van der Waals surface area contributed by atoms with E-state index >= 15 is 0 Å². The minimum atomic E-state index is -0.456. The number of hydrogen-bond donors (Lipinski definition) is 0. The van der Waals surface area contributed by atoms with Gasteiger partial charge in [0.05, 0.1) is 17.0 Å². The Kier molecular flexibility index (Phi) is 2.87. The molecule has 0 atom stereocenters. The third-order valence-corrected chi connectivity index (χ3v) is 2.24. The van der Waals surface area contributed by atoms with Crippen molar-refractivity contribution in [2.75, 3.05) is 0 Å². The normalized spacial score (nSPS) is 10.3. The summed E-state index contributed by atoms with van der Waals surface area (Å²) in [4.78, 5) is 14.0. The highest BCUT2D eigenvalue weighted by atomic mass is 35.5. The molecule has 0 saturated carbocycles. The molecule has 1 aromatic carbocycles.